The topological polar surface area (TPSA) is 41.7 Å². The number of aryl methyl sites for hydroxylation is 1. The first-order valence-corrected chi connectivity index (χ1v) is 7.09. The average Bonchev–Trinajstić information content (AvgIpc) is 2.33. The molecule has 0 radical (unpaired) electrons. The van der Waals surface area contributed by atoms with Crippen molar-refractivity contribution in [3.05, 3.63) is 23.8 Å². The Morgan fingerprint density at radius 2 is 2.05 bits per heavy atom. The molecule has 0 bridgehead atoms. The van der Waals surface area contributed by atoms with Gasteiger partial charge in [-0.1, -0.05) is 0 Å². The van der Waals surface area contributed by atoms with Crippen LogP contribution in [0.4, 0.5) is 11.4 Å². The maximum Gasteiger partial charge on any atom is 0.0645 e. The standard InChI is InChI=1S/C15H23N3O/c1-11-7-13(3-4-15(11)16)17-5-6-18(12(2)8-17)14-9-19-10-14/h3-4,7,12,14H,5-6,8-10,16H2,1-2H3/t12-/m0/s1. The Morgan fingerprint density at radius 3 is 2.63 bits per heavy atom. The van der Waals surface area contributed by atoms with Crippen molar-refractivity contribution in [3.8, 4) is 0 Å². The van der Waals surface area contributed by atoms with Crippen molar-refractivity contribution in [3.63, 3.8) is 0 Å². The lowest BCUT2D eigenvalue weighted by molar-refractivity contribution is -0.0792. The minimum Gasteiger partial charge on any atom is -0.399 e. The maximum absolute atomic E-state index is 5.89. The van der Waals surface area contributed by atoms with Crippen LogP contribution in [0.5, 0.6) is 0 Å². The van der Waals surface area contributed by atoms with Crippen LogP contribution in [0.2, 0.25) is 0 Å². The summed E-state index contributed by atoms with van der Waals surface area (Å²) >= 11 is 0. The Labute approximate surface area is 115 Å². The molecule has 0 unspecified atom stereocenters. The van der Waals surface area contributed by atoms with E-state index in [1.54, 1.807) is 0 Å². The Morgan fingerprint density at radius 1 is 1.26 bits per heavy atom. The van der Waals surface area contributed by atoms with Gasteiger partial charge in [-0.25, -0.2) is 0 Å². The zero-order chi connectivity index (χ0) is 13.4. The van der Waals surface area contributed by atoms with Crippen LogP contribution in [0.1, 0.15) is 12.5 Å². The van der Waals surface area contributed by atoms with Crippen LogP contribution in [0.3, 0.4) is 0 Å². The van der Waals surface area contributed by atoms with E-state index < -0.39 is 0 Å². The largest absolute Gasteiger partial charge is 0.399 e. The number of nitrogens with zero attached hydrogens (tertiary/aromatic N) is 2. The van der Waals surface area contributed by atoms with Crippen molar-refractivity contribution in [1.29, 1.82) is 0 Å². The second-order valence-corrected chi connectivity index (χ2v) is 5.77. The summed E-state index contributed by atoms with van der Waals surface area (Å²) in [5.41, 5.74) is 9.23. The predicted octanol–water partition coefficient (Wildman–Crippen LogP) is 1.49. The molecule has 1 aromatic rings. The number of nitrogen functional groups attached to an aromatic ring is 1. The van der Waals surface area contributed by atoms with Crippen molar-refractivity contribution < 1.29 is 4.74 Å². The second-order valence-electron chi connectivity index (χ2n) is 5.77. The van der Waals surface area contributed by atoms with E-state index in [0.29, 0.717) is 12.1 Å². The molecule has 2 aliphatic heterocycles. The average molecular weight is 261 g/mol. The molecule has 0 amide bonds. The van der Waals surface area contributed by atoms with Crippen LogP contribution < -0.4 is 10.6 Å². The van der Waals surface area contributed by atoms with Gasteiger partial charge in [0.1, 0.15) is 0 Å². The van der Waals surface area contributed by atoms with Gasteiger partial charge in [-0.05, 0) is 37.6 Å². The first kappa shape index (κ1) is 12.8. The quantitative estimate of drug-likeness (QED) is 0.819. The summed E-state index contributed by atoms with van der Waals surface area (Å²) < 4.78 is 5.31. The van der Waals surface area contributed by atoms with E-state index in [1.807, 2.05) is 6.07 Å². The zero-order valence-electron chi connectivity index (χ0n) is 11.8. The molecule has 3 rings (SSSR count). The Balaban J connectivity index is 1.68. The van der Waals surface area contributed by atoms with E-state index in [2.05, 4.69) is 35.8 Å². The van der Waals surface area contributed by atoms with E-state index in [-0.39, 0.29) is 0 Å². The van der Waals surface area contributed by atoms with Gasteiger partial charge in [-0.15, -0.1) is 0 Å². The highest BCUT2D eigenvalue weighted by atomic mass is 16.5. The molecule has 2 aliphatic rings. The third kappa shape index (κ3) is 2.42. The van der Waals surface area contributed by atoms with E-state index >= 15 is 0 Å². The molecule has 4 nitrogen and oxygen atoms in total. The lowest BCUT2D eigenvalue weighted by Gasteiger charge is -2.47. The number of hydrogen-bond acceptors (Lipinski definition) is 4. The molecule has 104 valence electrons. The SMILES string of the molecule is Cc1cc(N2CCN(C3COC3)[C@@H](C)C2)ccc1N. The van der Waals surface area contributed by atoms with Crippen LogP contribution in [0, 0.1) is 6.92 Å². The van der Waals surface area contributed by atoms with Crippen LogP contribution in [0.25, 0.3) is 0 Å². The molecule has 0 spiro atoms. The van der Waals surface area contributed by atoms with E-state index in [0.717, 1.165) is 38.5 Å². The summed E-state index contributed by atoms with van der Waals surface area (Å²) in [6, 6.07) is 7.58. The van der Waals surface area contributed by atoms with Crippen LogP contribution >= 0.6 is 0 Å². The second kappa shape index (κ2) is 5.02. The van der Waals surface area contributed by atoms with Crippen LogP contribution in [0.15, 0.2) is 18.2 Å². The molecule has 1 aromatic carbocycles. The lowest BCUT2D eigenvalue weighted by Crippen LogP contribution is -2.60. The third-order valence-corrected chi connectivity index (χ3v) is 4.39. The Hall–Kier alpha value is -1.26. The number of benzene rings is 1. The zero-order valence-corrected chi connectivity index (χ0v) is 11.8. The lowest BCUT2D eigenvalue weighted by atomic mass is 10.1. The van der Waals surface area contributed by atoms with Gasteiger partial charge in [0.2, 0.25) is 0 Å². The van der Waals surface area contributed by atoms with Gasteiger partial charge >= 0.3 is 0 Å². The maximum atomic E-state index is 5.89. The number of piperazine rings is 1. The highest BCUT2D eigenvalue weighted by molar-refractivity contribution is 5.58. The Bertz CT molecular complexity index is 459. The summed E-state index contributed by atoms with van der Waals surface area (Å²) in [4.78, 5) is 5.05. The van der Waals surface area contributed by atoms with Crippen molar-refractivity contribution in [2.75, 3.05) is 43.5 Å². The summed E-state index contributed by atoms with van der Waals surface area (Å²) in [6.07, 6.45) is 0. The highest BCUT2D eigenvalue weighted by Crippen LogP contribution is 2.25. The minimum absolute atomic E-state index is 0.584. The van der Waals surface area contributed by atoms with Crippen LogP contribution in [-0.4, -0.2) is 49.8 Å². The van der Waals surface area contributed by atoms with E-state index in [9.17, 15) is 0 Å². The molecule has 0 saturated carbocycles. The van der Waals surface area contributed by atoms with Crippen molar-refractivity contribution >= 4 is 11.4 Å². The van der Waals surface area contributed by atoms with Gasteiger partial charge in [0, 0.05) is 37.1 Å². The van der Waals surface area contributed by atoms with Crippen molar-refractivity contribution in [2.24, 2.45) is 0 Å². The van der Waals surface area contributed by atoms with Crippen molar-refractivity contribution in [2.45, 2.75) is 25.9 Å². The van der Waals surface area contributed by atoms with Gasteiger partial charge in [0.15, 0.2) is 0 Å². The first-order chi connectivity index (χ1) is 9.15. The minimum atomic E-state index is 0.584. The van der Waals surface area contributed by atoms with Gasteiger partial charge in [0.25, 0.3) is 0 Å². The first-order valence-electron chi connectivity index (χ1n) is 7.09. The van der Waals surface area contributed by atoms with Gasteiger partial charge < -0.3 is 15.4 Å². The van der Waals surface area contributed by atoms with Gasteiger partial charge in [-0.3, -0.25) is 4.90 Å². The normalized spacial score (nSPS) is 25.4. The van der Waals surface area contributed by atoms with Gasteiger partial charge in [0.05, 0.1) is 19.3 Å². The summed E-state index contributed by atoms with van der Waals surface area (Å²) in [5, 5.41) is 0. The number of hydrogen-bond donors (Lipinski definition) is 1. The number of anilines is 2. The number of nitrogens with two attached hydrogens (primary N) is 1. The Kier molecular flexibility index (Phi) is 3.37. The molecule has 2 N–H and O–H groups in total. The fourth-order valence-electron chi connectivity index (χ4n) is 3.02. The molecular formula is C15H23N3O. The smallest absolute Gasteiger partial charge is 0.0645 e. The summed E-state index contributed by atoms with van der Waals surface area (Å²) in [7, 11) is 0. The number of rotatable bonds is 2. The molecule has 4 heteroatoms. The molecule has 0 aliphatic carbocycles. The fourth-order valence-corrected chi connectivity index (χ4v) is 3.02. The predicted molar refractivity (Wildman–Crippen MR) is 78.6 cm³/mol. The van der Waals surface area contributed by atoms with Crippen molar-refractivity contribution in [1.82, 2.24) is 4.90 Å². The number of ether oxygens (including phenoxy) is 1. The molecule has 2 fully saturated rings. The molecule has 1 atom stereocenters. The summed E-state index contributed by atoms with van der Waals surface area (Å²) in [5.74, 6) is 0. The molecule has 2 saturated heterocycles. The molecule has 19 heavy (non-hydrogen) atoms. The third-order valence-electron chi connectivity index (χ3n) is 4.39. The monoisotopic (exact) mass is 261 g/mol. The van der Waals surface area contributed by atoms with Gasteiger partial charge in [-0.2, -0.15) is 0 Å². The molecular weight excluding hydrogens is 238 g/mol. The van der Waals surface area contributed by atoms with E-state index in [1.165, 1.54) is 11.3 Å². The van der Waals surface area contributed by atoms with Crippen LogP contribution in [-0.2, 0) is 4.74 Å². The summed E-state index contributed by atoms with van der Waals surface area (Å²) in [6.45, 7) is 9.50. The highest BCUT2D eigenvalue weighted by Gasteiger charge is 2.33. The molecule has 0 aromatic heterocycles. The molecule has 2 heterocycles. The fraction of sp³-hybridized carbons (Fsp3) is 0.600. The van der Waals surface area contributed by atoms with E-state index in [4.69, 9.17) is 10.5 Å².